The highest BCUT2D eigenvalue weighted by atomic mass is 16.3. The molecule has 2 aromatic carbocycles. The molecule has 192 valence electrons. The molecule has 5 rings (SSSR count). The van der Waals surface area contributed by atoms with Gasteiger partial charge in [0.1, 0.15) is 17.1 Å². The second kappa shape index (κ2) is 10.9. The zero-order valence-electron chi connectivity index (χ0n) is 20.7. The van der Waals surface area contributed by atoms with Gasteiger partial charge in [0.2, 0.25) is 5.95 Å². The van der Waals surface area contributed by atoms with Crippen LogP contribution in [0.25, 0.3) is 10.9 Å². The summed E-state index contributed by atoms with van der Waals surface area (Å²) < 4.78 is 2.20. The highest BCUT2D eigenvalue weighted by molar-refractivity contribution is 6.00. The highest BCUT2D eigenvalue weighted by Gasteiger charge is 2.23. The minimum Gasteiger partial charge on any atom is -0.508 e. The summed E-state index contributed by atoms with van der Waals surface area (Å²) in [6, 6.07) is 15.6. The lowest BCUT2D eigenvalue weighted by Crippen LogP contribution is -2.43. The van der Waals surface area contributed by atoms with Crippen molar-refractivity contribution in [3.8, 4) is 5.75 Å². The van der Waals surface area contributed by atoms with Crippen molar-refractivity contribution in [1.29, 1.82) is 0 Å². The van der Waals surface area contributed by atoms with Gasteiger partial charge in [-0.2, -0.15) is 4.98 Å². The lowest BCUT2D eigenvalue weighted by atomic mass is 9.91. The number of aromatic hydroxyl groups is 1. The largest absolute Gasteiger partial charge is 0.508 e. The zero-order chi connectivity index (χ0) is 25.8. The molecule has 2 aromatic heterocycles. The molecule has 1 fully saturated rings. The molecule has 9 nitrogen and oxygen atoms in total. The molecule has 4 aromatic rings. The van der Waals surface area contributed by atoms with E-state index in [1.807, 2.05) is 24.3 Å². The molecule has 0 aliphatic heterocycles. The first kappa shape index (κ1) is 24.6. The number of anilines is 3. The first-order chi connectivity index (χ1) is 18.0. The monoisotopic (exact) mass is 499 g/mol. The number of primary amides is 1. The number of hydrogen-bond donors (Lipinski definition) is 5. The van der Waals surface area contributed by atoms with Crippen molar-refractivity contribution < 1.29 is 9.90 Å². The number of rotatable bonds is 9. The van der Waals surface area contributed by atoms with Crippen LogP contribution in [0.1, 0.15) is 48.0 Å². The molecule has 1 amide bonds. The van der Waals surface area contributed by atoms with E-state index in [2.05, 4.69) is 43.5 Å². The number of amides is 1. The summed E-state index contributed by atoms with van der Waals surface area (Å²) in [5.74, 6) is 0.477. The SMILES string of the molecule is NC(=O)c1cnc(NC2CCCCC2N)nc1Nc1cccc2c1ccn2CCCc1cccc(O)c1. The van der Waals surface area contributed by atoms with Crippen LogP contribution >= 0.6 is 0 Å². The molecule has 0 saturated heterocycles. The maximum absolute atomic E-state index is 12.1. The van der Waals surface area contributed by atoms with Crippen molar-refractivity contribution >= 4 is 34.3 Å². The average Bonchev–Trinajstić information content (AvgIpc) is 3.30. The molecule has 0 spiro atoms. The smallest absolute Gasteiger partial charge is 0.254 e. The number of carbonyl (C=O) groups is 1. The van der Waals surface area contributed by atoms with Crippen molar-refractivity contribution in [2.45, 2.75) is 57.2 Å². The number of carbonyl (C=O) groups excluding carboxylic acids is 1. The first-order valence-electron chi connectivity index (χ1n) is 12.8. The van der Waals surface area contributed by atoms with Crippen molar-refractivity contribution in [3.63, 3.8) is 0 Å². The molecule has 0 bridgehead atoms. The number of phenols is 1. The van der Waals surface area contributed by atoms with Gasteiger partial charge in [-0.05, 0) is 61.6 Å². The van der Waals surface area contributed by atoms with Gasteiger partial charge in [-0.1, -0.05) is 31.0 Å². The Morgan fingerprint density at radius 1 is 1.14 bits per heavy atom. The van der Waals surface area contributed by atoms with E-state index in [-0.39, 0.29) is 17.6 Å². The first-order valence-corrected chi connectivity index (χ1v) is 12.8. The van der Waals surface area contributed by atoms with E-state index < -0.39 is 5.91 Å². The molecular weight excluding hydrogens is 466 g/mol. The normalized spacial score (nSPS) is 17.5. The molecule has 1 saturated carbocycles. The van der Waals surface area contributed by atoms with Gasteiger partial charge in [0, 0.05) is 42.1 Å². The number of benzene rings is 2. The fraction of sp³-hybridized carbons (Fsp3) is 0.321. The summed E-state index contributed by atoms with van der Waals surface area (Å²) in [5, 5.41) is 17.4. The van der Waals surface area contributed by atoms with E-state index in [9.17, 15) is 9.90 Å². The Kier molecular flexibility index (Phi) is 7.23. The topological polar surface area (TPSA) is 144 Å². The summed E-state index contributed by atoms with van der Waals surface area (Å²) in [7, 11) is 0. The molecule has 1 aliphatic rings. The maximum atomic E-state index is 12.1. The molecule has 9 heteroatoms. The van der Waals surface area contributed by atoms with Gasteiger partial charge < -0.3 is 31.8 Å². The number of nitrogens with two attached hydrogens (primary N) is 2. The van der Waals surface area contributed by atoms with E-state index >= 15 is 0 Å². The number of aryl methyl sites for hydroxylation is 2. The minimum absolute atomic E-state index is 0.0469. The zero-order valence-corrected chi connectivity index (χ0v) is 20.7. The van der Waals surface area contributed by atoms with Crippen LogP contribution in [-0.4, -0.2) is 37.6 Å². The van der Waals surface area contributed by atoms with Gasteiger partial charge in [-0.25, -0.2) is 4.98 Å². The molecule has 7 N–H and O–H groups in total. The fourth-order valence-electron chi connectivity index (χ4n) is 5.05. The minimum atomic E-state index is -0.597. The Morgan fingerprint density at radius 3 is 2.78 bits per heavy atom. The maximum Gasteiger partial charge on any atom is 0.254 e. The predicted octanol–water partition coefficient (Wildman–Crippen LogP) is 4.29. The van der Waals surface area contributed by atoms with Gasteiger partial charge in [-0.3, -0.25) is 4.79 Å². The van der Waals surface area contributed by atoms with Crippen LogP contribution in [0, 0.1) is 0 Å². The third kappa shape index (κ3) is 5.67. The predicted molar refractivity (Wildman–Crippen MR) is 146 cm³/mol. The van der Waals surface area contributed by atoms with Crippen LogP contribution in [-0.2, 0) is 13.0 Å². The Hall–Kier alpha value is -4.11. The van der Waals surface area contributed by atoms with E-state index in [0.29, 0.717) is 17.5 Å². The molecule has 2 heterocycles. The average molecular weight is 500 g/mol. The van der Waals surface area contributed by atoms with E-state index in [0.717, 1.165) is 67.2 Å². The van der Waals surface area contributed by atoms with Gasteiger partial charge in [0.15, 0.2) is 0 Å². The van der Waals surface area contributed by atoms with Crippen LogP contribution < -0.4 is 22.1 Å². The number of nitrogens with zero attached hydrogens (tertiary/aromatic N) is 3. The Bertz CT molecular complexity index is 1400. The summed E-state index contributed by atoms with van der Waals surface area (Å²) in [4.78, 5) is 21.1. The number of phenolic OH excluding ortho intramolecular Hbond substituents is 1. The third-order valence-electron chi connectivity index (χ3n) is 7.03. The van der Waals surface area contributed by atoms with Gasteiger partial charge in [0.05, 0.1) is 5.52 Å². The van der Waals surface area contributed by atoms with Gasteiger partial charge in [0.25, 0.3) is 5.91 Å². The number of hydrogen-bond acceptors (Lipinski definition) is 7. The number of nitrogens with one attached hydrogen (secondary N) is 2. The van der Waals surface area contributed by atoms with Crippen molar-refractivity contribution in [3.05, 3.63) is 72.1 Å². The van der Waals surface area contributed by atoms with Gasteiger partial charge >= 0.3 is 0 Å². The second-order valence-corrected chi connectivity index (χ2v) is 9.67. The Labute approximate surface area is 215 Å². The van der Waals surface area contributed by atoms with Crippen molar-refractivity contribution in [2.75, 3.05) is 10.6 Å². The molecular formula is C28H33N7O2. The summed E-state index contributed by atoms with van der Waals surface area (Å²) in [5.41, 5.74) is 15.1. The van der Waals surface area contributed by atoms with Crippen LogP contribution in [0.2, 0.25) is 0 Å². The molecule has 1 aliphatic carbocycles. The summed E-state index contributed by atoms with van der Waals surface area (Å²) in [6.45, 7) is 0.832. The third-order valence-corrected chi connectivity index (χ3v) is 7.03. The number of fused-ring (bicyclic) bond motifs is 1. The lowest BCUT2D eigenvalue weighted by molar-refractivity contribution is 0.100. The van der Waals surface area contributed by atoms with Crippen LogP contribution in [0.3, 0.4) is 0 Å². The lowest BCUT2D eigenvalue weighted by Gasteiger charge is -2.29. The Morgan fingerprint density at radius 2 is 1.97 bits per heavy atom. The van der Waals surface area contributed by atoms with Crippen molar-refractivity contribution in [1.82, 2.24) is 14.5 Å². The van der Waals surface area contributed by atoms with Gasteiger partial charge in [-0.15, -0.1) is 0 Å². The van der Waals surface area contributed by atoms with Crippen LogP contribution in [0.5, 0.6) is 5.75 Å². The van der Waals surface area contributed by atoms with E-state index in [1.54, 1.807) is 12.1 Å². The summed E-state index contributed by atoms with van der Waals surface area (Å²) in [6.07, 6.45) is 9.50. The van der Waals surface area contributed by atoms with Crippen LogP contribution in [0.4, 0.5) is 17.5 Å². The molecule has 2 unspecified atom stereocenters. The fourth-order valence-corrected chi connectivity index (χ4v) is 5.05. The second-order valence-electron chi connectivity index (χ2n) is 9.67. The van der Waals surface area contributed by atoms with Crippen LogP contribution in [0.15, 0.2) is 60.9 Å². The Balaban J connectivity index is 1.35. The molecule has 2 atom stereocenters. The van der Waals surface area contributed by atoms with E-state index in [1.165, 1.54) is 6.20 Å². The standard InChI is InChI=1S/C28H33N7O2/c29-22-9-1-2-10-24(22)33-28-31-17-21(26(30)37)27(34-28)32-23-11-4-12-25-20(23)13-15-35(25)14-5-7-18-6-3-8-19(36)16-18/h3-4,6,8,11-13,15-17,22,24,36H,1-2,5,7,9-10,14,29H2,(H2,30,37)(H2,31,32,33,34). The summed E-state index contributed by atoms with van der Waals surface area (Å²) >= 11 is 0. The highest BCUT2D eigenvalue weighted by Crippen LogP contribution is 2.29. The molecule has 37 heavy (non-hydrogen) atoms. The molecule has 0 radical (unpaired) electrons. The number of aromatic nitrogens is 3. The quantitative estimate of drug-likeness (QED) is 0.231. The van der Waals surface area contributed by atoms with Crippen molar-refractivity contribution in [2.24, 2.45) is 11.5 Å². The van der Waals surface area contributed by atoms with E-state index in [4.69, 9.17) is 11.5 Å².